The van der Waals surface area contributed by atoms with Gasteiger partial charge in [-0.05, 0) is 98.0 Å². The molecule has 0 amide bonds. The summed E-state index contributed by atoms with van der Waals surface area (Å²) in [4.78, 5) is 13.0. The minimum atomic E-state index is -0.115. The molecule has 4 aliphatic carbocycles. The van der Waals surface area contributed by atoms with E-state index >= 15 is 0 Å². The van der Waals surface area contributed by atoms with E-state index in [4.69, 9.17) is 0 Å². The van der Waals surface area contributed by atoms with Gasteiger partial charge in [0.25, 0.3) is 0 Å². The van der Waals surface area contributed by atoms with Crippen molar-refractivity contribution in [2.45, 2.75) is 78.2 Å². The van der Waals surface area contributed by atoms with Crippen LogP contribution in [0.15, 0.2) is 11.8 Å². The van der Waals surface area contributed by atoms with Gasteiger partial charge in [-0.25, -0.2) is 0 Å². The van der Waals surface area contributed by atoms with E-state index in [9.17, 15) is 9.90 Å². The molecule has 5 rings (SSSR count). The van der Waals surface area contributed by atoms with Crippen LogP contribution in [0.1, 0.15) is 76.5 Å². The fourth-order valence-electron chi connectivity index (χ4n) is 8.06. The van der Waals surface area contributed by atoms with Crippen LogP contribution in [-0.2, 0) is 11.8 Å². The van der Waals surface area contributed by atoms with Crippen molar-refractivity contribution in [3.63, 3.8) is 0 Å². The van der Waals surface area contributed by atoms with Gasteiger partial charge in [-0.1, -0.05) is 13.8 Å². The number of allylic oxidation sites excluding steroid dienone is 1. The number of fused-ring (bicyclic) bond motifs is 5. The van der Waals surface area contributed by atoms with Gasteiger partial charge in [0.1, 0.15) is 0 Å². The first-order chi connectivity index (χ1) is 13.7. The Hall–Kier alpha value is -1.42. The third kappa shape index (κ3) is 2.81. The predicted molar refractivity (Wildman–Crippen MR) is 114 cm³/mol. The van der Waals surface area contributed by atoms with Crippen molar-refractivity contribution in [2.24, 2.45) is 41.5 Å². The Morgan fingerprint density at radius 3 is 2.62 bits per heavy atom. The summed E-state index contributed by atoms with van der Waals surface area (Å²) in [6.07, 6.45) is 12.7. The molecule has 0 spiro atoms. The van der Waals surface area contributed by atoms with Gasteiger partial charge in [0.05, 0.1) is 11.8 Å². The maximum atomic E-state index is 13.0. The van der Waals surface area contributed by atoms with Crippen molar-refractivity contribution in [1.29, 1.82) is 0 Å². The molecule has 29 heavy (non-hydrogen) atoms. The zero-order valence-electron chi connectivity index (χ0n) is 18.4. The number of aliphatic hydroxyl groups excluding tert-OH is 1. The van der Waals surface area contributed by atoms with Gasteiger partial charge in [0, 0.05) is 25.2 Å². The second-order valence-electron chi connectivity index (χ2n) is 11.1. The summed E-state index contributed by atoms with van der Waals surface area (Å²) < 4.78 is 1.84. The Morgan fingerprint density at radius 2 is 1.90 bits per heavy atom. The number of ketones is 1. The van der Waals surface area contributed by atoms with Crippen LogP contribution < -0.4 is 0 Å². The molecule has 0 unspecified atom stereocenters. The molecule has 0 aliphatic heterocycles. The molecule has 0 bridgehead atoms. The number of aliphatic hydroxyl groups is 1. The van der Waals surface area contributed by atoms with Gasteiger partial charge >= 0.3 is 0 Å². The highest BCUT2D eigenvalue weighted by Crippen LogP contribution is 2.66. The predicted octanol–water partition coefficient (Wildman–Crippen LogP) is 4.69. The van der Waals surface area contributed by atoms with E-state index in [0.29, 0.717) is 23.5 Å². The monoisotopic (exact) mass is 396 g/mol. The summed E-state index contributed by atoms with van der Waals surface area (Å²) in [5, 5.41) is 15.1. The molecular weight excluding hydrogens is 360 g/mol. The highest BCUT2D eigenvalue weighted by atomic mass is 16.3. The molecule has 0 saturated heterocycles. The van der Waals surface area contributed by atoms with Gasteiger partial charge in [0.2, 0.25) is 0 Å². The van der Waals surface area contributed by atoms with Crippen LogP contribution in [0.25, 0.3) is 6.08 Å². The zero-order chi connectivity index (χ0) is 20.6. The molecule has 4 saturated carbocycles. The first-order valence-corrected chi connectivity index (χ1v) is 11.6. The Bertz CT molecular complexity index is 870. The highest BCUT2D eigenvalue weighted by Gasteiger charge is 2.60. The molecule has 4 heteroatoms. The van der Waals surface area contributed by atoms with Gasteiger partial charge in [-0.15, -0.1) is 0 Å². The van der Waals surface area contributed by atoms with Crippen molar-refractivity contribution < 1.29 is 9.90 Å². The molecule has 4 aliphatic rings. The van der Waals surface area contributed by atoms with Crippen molar-refractivity contribution >= 4 is 11.9 Å². The number of carbonyl (C=O) groups excluding carboxylic acids is 1. The van der Waals surface area contributed by atoms with E-state index in [1.165, 1.54) is 25.7 Å². The first kappa shape index (κ1) is 19.5. The lowest BCUT2D eigenvalue weighted by Gasteiger charge is -2.60. The quantitative estimate of drug-likeness (QED) is 0.701. The largest absolute Gasteiger partial charge is 0.393 e. The number of Topliss-reactive ketones (excluding diaryl/α,β-unsaturated/α-hetero) is 1. The van der Waals surface area contributed by atoms with Crippen LogP contribution >= 0.6 is 0 Å². The third-order valence-electron chi connectivity index (χ3n) is 9.76. The number of nitrogens with zero attached hydrogens (tertiary/aromatic N) is 2. The van der Waals surface area contributed by atoms with Crippen molar-refractivity contribution in [3.05, 3.63) is 23.0 Å². The van der Waals surface area contributed by atoms with Gasteiger partial charge in [0.15, 0.2) is 5.78 Å². The van der Waals surface area contributed by atoms with Crippen molar-refractivity contribution in [2.75, 3.05) is 0 Å². The second-order valence-corrected chi connectivity index (χ2v) is 11.1. The summed E-state index contributed by atoms with van der Waals surface area (Å²) in [5.74, 6) is 2.96. The average molecular weight is 397 g/mol. The van der Waals surface area contributed by atoms with Gasteiger partial charge < -0.3 is 5.11 Å². The van der Waals surface area contributed by atoms with Crippen LogP contribution in [0.3, 0.4) is 0 Å². The minimum Gasteiger partial charge on any atom is -0.393 e. The summed E-state index contributed by atoms with van der Waals surface area (Å²) >= 11 is 0. The summed E-state index contributed by atoms with van der Waals surface area (Å²) in [5.41, 5.74) is 3.43. The summed E-state index contributed by atoms with van der Waals surface area (Å²) in [6.45, 7) is 6.86. The molecule has 0 radical (unpaired) electrons. The molecule has 4 fully saturated rings. The maximum Gasteiger partial charge on any atom is 0.159 e. The minimum absolute atomic E-state index is 0.115. The number of rotatable bonds is 1. The fourth-order valence-corrected chi connectivity index (χ4v) is 8.06. The Kier molecular flexibility index (Phi) is 4.40. The highest BCUT2D eigenvalue weighted by molar-refractivity contribution is 6.00. The number of carbonyl (C=O) groups is 1. The molecular formula is C25H36N2O2. The van der Waals surface area contributed by atoms with Gasteiger partial charge in [-0.2, -0.15) is 5.10 Å². The number of hydrogen-bond acceptors (Lipinski definition) is 3. The van der Waals surface area contributed by atoms with Crippen LogP contribution in [-0.4, -0.2) is 26.8 Å². The molecule has 158 valence electrons. The lowest BCUT2D eigenvalue weighted by atomic mass is 9.45. The average Bonchev–Trinajstić information content (AvgIpc) is 3.14. The van der Waals surface area contributed by atoms with E-state index in [0.717, 1.165) is 48.4 Å². The fraction of sp³-hybridized carbons (Fsp3) is 0.760. The maximum absolute atomic E-state index is 13.0. The van der Waals surface area contributed by atoms with E-state index in [1.54, 1.807) is 0 Å². The molecule has 1 aromatic rings. The molecule has 1 aromatic heterocycles. The number of aromatic nitrogens is 2. The Morgan fingerprint density at radius 1 is 1.14 bits per heavy atom. The van der Waals surface area contributed by atoms with Crippen molar-refractivity contribution in [1.82, 2.24) is 9.78 Å². The van der Waals surface area contributed by atoms with E-state index in [-0.39, 0.29) is 16.9 Å². The topological polar surface area (TPSA) is 55.1 Å². The smallest absolute Gasteiger partial charge is 0.159 e. The van der Waals surface area contributed by atoms with E-state index in [1.807, 2.05) is 24.9 Å². The first-order valence-electron chi connectivity index (χ1n) is 11.6. The van der Waals surface area contributed by atoms with E-state index in [2.05, 4.69) is 25.0 Å². The zero-order valence-corrected chi connectivity index (χ0v) is 18.4. The summed E-state index contributed by atoms with van der Waals surface area (Å²) in [7, 11) is 1.94. The molecule has 1 N–H and O–H groups in total. The summed E-state index contributed by atoms with van der Waals surface area (Å²) in [6, 6.07) is 0. The molecule has 1 heterocycles. The molecule has 7 atom stereocenters. The molecule has 4 nitrogen and oxygen atoms in total. The number of hydrogen-bond donors (Lipinski definition) is 1. The SMILES string of the molecule is Cc1nn(C)cc1/C=C1\C[C@@]2(C)[C@@H](CC[C@H]3[C@H]2CC[C@]2(C)[C@@H]3CC[C@@H]2O)CC1=O. The molecule has 0 aromatic carbocycles. The lowest BCUT2D eigenvalue weighted by molar-refractivity contribution is -0.134. The Balaban J connectivity index is 1.47. The van der Waals surface area contributed by atoms with Crippen LogP contribution in [0, 0.1) is 41.4 Å². The third-order valence-corrected chi connectivity index (χ3v) is 9.76. The Labute approximate surface area is 174 Å². The lowest BCUT2D eigenvalue weighted by Crippen LogP contribution is -2.54. The van der Waals surface area contributed by atoms with Crippen molar-refractivity contribution in [3.8, 4) is 0 Å². The normalized spacial score (nSPS) is 45.8. The number of aryl methyl sites for hydroxylation is 2. The van der Waals surface area contributed by atoms with Crippen LogP contribution in [0.2, 0.25) is 0 Å². The standard InChI is InChI=1S/C25H36N2O2/c1-15-17(14-27(4)26-15)11-16-13-25(3)18(12-22(16)28)5-6-19-20-7-8-23(29)24(20,2)10-9-21(19)25/h11,14,18-21,23,29H,5-10,12-13H2,1-4H3/b16-11+/t18-,19+,20+,21+,23-,24+,25-/m0/s1. The van der Waals surface area contributed by atoms with Crippen LogP contribution in [0.5, 0.6) is 0 Å². The van der Waals surface area contributed by atoms with Crippen LogP contribution in [0.4, 0.5) is 0 Å². The van der Waals surface area contributed by atoms with Gasteiger partial charge in [-0.3, -0.25) is 9.48 Å². The second kappa shape index (κ2) is 6.54. The van der Waals surface area contributed by atoms with E-state index < -0.39 is 0 Å².